The van der Waals surface area contributed by atoms with E-state index in [9.17, 15) is 15.0 Å². The lowest BCUT2D eigenvalue weighted by Gasteiger charge is -2.37. The predicted octanol–water partition coefficient (Wildman–Crippen LogP) is 4.33. The minimum absolute atomic E-state index is 0.0603. The summed E-state index contributed by atoms with van der Waals surface area (Å²) in [6, 6.07) is 16.5. The maximum absolute atomic E-state index is 12.7. The van der Waals surface area contributed by atoms with Crippen molar-refractivity contribution in [1.82, 2.24) is 0 Å². The second-order valence-corrected chi connectivity index (χ2v) is 7.06. The summed E-state index contributed by atoms with van der Waals surface area (Å²) in [7, 11) is 0. The number of aliphatic hydroxyl groups excluding tert-OH is 1. The Balaban J connectivity index is 1.78. The summed E-state index contributed by atoms with van der Waals surface area (Å²) in [6.45, 7) is 4.32. The van der Waals surface area contributed by atoms with Crippen LogP contribution in [0.3, 0.4) is 0 Å². The molecule has 0 aliphatic carbocycles. The van der Waals surface area contributed by atoms with Crippen LogP contribution in [-0.4, -0.2) is 28.3 Å². The molecular weight excluding hydrogens is 342 g/mol. The average Bonchev–Trinajstić information content (AvgIpc) is 2.65. The molecule has 5 nitrogen and oxygen atoms in total. The highest BCUT2D eigenvalue weighted by atomic mass is 16.6. The van der Waals surface area contributed by atoms with Crippen molar-refractivity contribution in [3.8, 4) is 5.75 Å². The number of anilines is 1. The Morgan fingerprint density at radius 3 is 2.33 bits per heavy atom. The van der Waals surface area contributed by atoms with Gasteiger partial charge in [-0.3, -0.25) is 0 Å². The molecule has 1 heterocycles. The lowest BCUT2D eigenvalue weighted by Crippen LogP contribution is -2.42. The van der Waals surface area contributed by atoms with Crippen molar-refractivity contribution in [2.45, 2.75) is 38.7 Å². The first-order valence-corrected chi connectivity index (χ1v) is 9.18. The molecule has 2 N–H and O–H groups in total. The Bertz CT molecular complexity index is 829. The van der Waals surface area contributed by atoms with Gasteiger partial charge in [-0.05, 0) is 56.5 Å². The average molecular weight is 367 g/mol. The van der Waals surface area contributed by atoms with E-state index < -0.39 is 11.6 Å². The number of esters is 1. The zero-order chi connectivity index (χ0) is 19.4. The van der Waals surface area contributed by atoms with E-state index in [0.717, 1.165) is 11.3 Å². The smallest absolute Gasteiger partial charge is 0.359 e. The number of cyclic esters (lactones) is 1. The van der Waals surface area contributed by atoms with Crippen molar-refractivity contribution in [2.24, 2.45) is 0 Å². The van der Waals surface area contributed by atoms with E-state index >= 15 is 0 Å². The molecule has 0 spiro atoms. The molecule has 2 aromatic rings. The molecule has 0 bridgehead atoms. The molecule has 27 heavy (non-hydrogen) atoms. The fraction of sp³-hybridized carbons (Fsp3) is 0.318. The highest BCUT2D eigenvalue weighted by Gasteiger charge is 2.40. The van der Waals surface area contributed by atoms with Crippen LogP contribution < -0.4 is 4.90 Å². The molecule has 0 radical (unpaired) electrons. The summed E-state index contributed by atoms with van der Waals surface area (Å²) >= 11 is 0. The number of likely N-dealkylation sites (N-methyl/N-ethyl adjacent to an activating group) is 1. The second kappa shape index (κ2) is 7.74. The Morgan fingerprint density at radius 1 is 1.07 bits per heavy atom. The molecular formula is C22H25NO4. The van der Waals surface area contributed by atoms with Crippen LogP contribution in [0.4, 0.5) is 5.69 Å². The van der Waals surface area contributed by atoms with Gasteiger partial charge in [0.05, 0.1) is 0 Å². The van der Waals surface area contributed by atoms with E-state index in [0.29, 0.717) is 19.4 Å². The number of aromatic hydroxyl groups is 1. The summed E-state index contributed by atoms with van der Waals surface area (Å²) in [6.07, 6.45) is 1.54. The first-order chi connectivity index (χ1) is 12.9. The summed E-state index contributed by atoms with van der Waals surface area (Å²) in [5.41, 5.74) is 1.33. The number of para-hydroxylation sites is 1. The number of carbonyl (C=O) groups excluding carboxylic acids is 1. The number of aliphatic hydroxyl groups is 1. The molecule has 1 aliphatic rings. The van der Waals surface area contributed by atoms with Crippen molar-refractivity contribution < 1.29 is 19.7 Å². The molecule has 1 unspecified atom stereocenters. The van der Waals surface area contributed by atoms with Gasteiger partial charge in [0.15, 0.2) is 5.70 Å². The number of phenols is 1. The van der Waals surface area contributed by atoms with Gasteiger partial charge in [-0.2, -0.15) is 0 Å². The normalized spacial score (nSPS) is 19.7. The maximum Gasteiger partial charge on any atom is 0.359 e. The minimum atomic E-state index is -0.765. The van der Waals surface area contributed by atoms with Gasteiger partial charge in [0.1, 0.15) is 17.1 Å². The van der Waals surface area contributed by atoms with Crippen molar-refractivity contribution in [2.75, 3.05) is 11.4 Å². The first kappa shape index (κ1) is 18.8. The topological polar surface area (TPSA) is 70.0 Å². The van der Waals surface area contributed by atoms with Crippen molar-refractivity contribution in [3.05, 3.63) is 71.6 Å². The number of rotatable bonds is 6. The van der Waals surface area contributed by atoms with Crippen molar-refractivity contribution in [3.63, 3.8) is 0 Å². The third-order valence-electron chi connectivity index (χ3n) is 4.88. The monoisotopic (exact) mass is 367 g/mol. The van der Waals surface area contributed by atoms with Gasteiger partial charge in [-0.1, -0.05) is 30.3 Å². The fourth-order valence-corrected chi connectivity index (χ4v) is 3.42. The molecule has 5 heteroatoms. The molecule has 142 valence electrons. The van der Waals surface area contributed by atoms with Gasteiger partial charge in [0.2, 0.25) is 0 Å². The molecule has 1 aliphatic heterocycles. The van der Waals surface area contributed by atoms with Crippen molar-refractivity contribution >= 4 is 11.7 Å². The number of aryl methyl sites for hydroxylation is 1. The number of hydrogen-bond donors (Lipinski definition) is 2. The lowest BCUT2D eigenvalue weighted by molar-refractivity contribution is -0.157. The SMILES string of the molecule is CCN(C1=C(O)CC(C)(CCc2ccc(O)cc2)OC1=O)c1ccccc1. The van der Waals surface area contributed by atoms with Gasteiger partial charge in [0.25, 0.3) is 0 Å². The third kappa shape index (κ3) is 4.25. The summed E-state index contributed by atoms with van der Waals surface area (Å²) in [5, 5.41) is 20.1. The van der Waals surface area contributed by atoms with Crippen LogP contribution >= 0.6 is 0 Å². The molecule has 1 atom stereocenters. The fourth-order valence-electron chi connectivity index (χ4n) is 3.42. The van der Waals surface area contributed by atoms with Gasteiger partial charge in [-0.25, -0.2) is 4.79 Å². The van der Waals surface area contributed by atoms with Crippen LogP contribution in [0.5, 0.6) is 5.75 Å². The number of hydrogen-bond acceptors (Lipinski definition) is 5. The first-order valence-electron chi connectivity index (χ1n) is 9.18. The van der Waals surface area contributed by atoms with Crippen LogP contribution in [0.1, 0.15) is 32.3 Å². The Morgan fingerprint density at radius 2 is 1.74 bits per heavy atom. The van der Waals surface area contributed by atoms with Crippen LogP contribution in [0.2, 0.25) is 0 Å². The Hall–Kier alpha value is -2.95. The van der Waals surface area contributed by atoms with E-state index in [-0.39, 0.29) is 23.6 Å². The Kier molecular flexibility index (Phi) is 5.40. The highest BCUT2D eigenvalue weighted by Crippen LogP contribution is 2.35. The number of phenolic OH excluding ortho intramolecular Hbond substituents is 1. The summed E-state index contributed by atoms with van der Waals surface area (Å²) in [5.74, 6) is -0.220. The molecule has 3 rings (SSSR count). The van der Waals surface area contributed by atoms with Gasteiger partial charge in [-0.15, -0.1) is 0 Å². The van der Waals surface area contributed by atoms with E-state index in [1.54, 1.807) is 17.0 Å². The van der Waals surface area contributed by atoms with Gasteiger partial charge in [0, 0.05) is 18.7 Å². The number of carbonyl (C=O) groups is 1. The standard InChI is InChI=1S/C22H25NO4/c1-3-23(17-7-5-4-6-8-17)20-19(25)15-22(2,27-21(20)26)14-13-16-9-11-18(24)12-10-16/h4-12,24-25H,3,13-15H2,1-2H3. The maximum atomic E-state index is 12.7. The molecule has 0 amide bonds. The molecule has 0 aromatic heterocycles. The highest BCUT2D eigenvalue weighted by molar-refractivity contribution is 5.94. The quantitative estimate of drug-likeness (QED) is 0.744. The lowest BCUT2D eigenvalue weighted by atomic mass is 9.90. The second-order valence-electron chi connectivity index (χ2n) is 7.06. The third-order valence-corrected chi connectivity index (χ3v) is 4.88. The van der Waals surface area contributed by atoms with E-state index in [1.165, 1.54) is 0 Å². The largest absolute Gasteiger partial charge is 0.510 e. The van der Waals surface area contributed by atoms with E-state index in [2.05, 4.69) is 0 Å². The Labute approximate surface area is 159 Å². The molecule has 0 fully saturated rings. The molecule has 0 saturated carbocycles. The summed E-state index contributed by atoms with van der Waals surface area (Å²) < 4.78 is 5.76. The van der Waals surface area contributed by atoms with Crippen LogP contribution in [0.25, 0.3) is 0 Å². The zero-order valence-electron chi connectivity index (χ0n) is 15.7. The van der Waals surface area contributed by atoms with Gasteiger partial charge >= 0.3 is 5.97 Å². The summed E-state index contributed by atoms with van der Waals surface area (Å²) in [4.78, 5) is 14.5. The number of ether oxygens (including phenoxy) is 1. The predicted molar refractivity (Wildman–Crippen MR) is 105 cm³/mol. The zero-order valence-corrected chi connectivity index (χ0v) is 15.7. The van der Waals surface area contributed by atoms with Gasteiger partial charge < -0.3 is 19.8 Å². The molecule has 2 aromatic carbocycles. The van der Waals surface area contributed by atoms with Crippen LogP contribution in [-0.2, 0) is 16.0 Å². The van der Waals surface area contributed by atoms with E-state index in [4.69, 9.17) is 4.74 Å². The van der Waals surface area contributed by atoms with E-state index in [1.807, 2.05) is 56.3 Å². The number of benzene rings is 2. The molecule has 0 saturated heterocycles. The van der Waals surface area contributed by atoms with Crippen LogP contribution in [0, 0.1) is 0 Å². The minimum Gasteiger partial charge on any atom is -0.510 e. The van der Waals surface area contributed by atoms with Crippen molar-refractivity contribution in [1.29, 1.82) is 0 Å². The van der Waals surface area contributed by atoms with Crippen LogP contribution in [0.15, 0.2) is 66.1 Å². The number of nitrogens with zero attached hydrogens (tertiary/aromatic N) is 1.